The fourth-order valence-electron chi connectivity index (χ4n) is 7.80. The van der Waals surface area contributed by atoms with Crippen LogP contribution in [-0.2, 0) is 0 Å². The molecule has 0 fully saturated rings. The second-order valence-electron chi connectivity index (χ2n) is 14.4. The van der Waals surface area contributed by atoms with Gasteiger partial charge in [0.2, 0.25) is 0 Å². The molecule has 0 aliphatic carbocycles. The SMILES string of the molecule is Cc1cccc(N(c2ccc(/C=C/c3ccc(N(c4cccc(C)c4)c4ccc5sc6ccccc6c5c4)cc3)cc2)c2ccc3sc4ccccc4c3c2)c1. The Kier molecular flexibility index (Phi) is 8.71. The van der Waals surface area contributed by atoms with Crippen molar-refractivity contribution in [3.63, 3.8) is 0 Å². The van der Waals surface area contributed by atoms with Crippen molar-refractivity contribution in [3.8, 4) is 0 Å². The zero-order chi connectivity index (χ0) is 37.6. The van der Waals surface area contributed by atoms with E-state index in [0.717, 1.165) is 45.3 Å². The summed E-state index contributed by atoms with van der Waals surface area (Å²) in [6.07, 6.45) is 4.40. The van der Waals surface area contributed by atoms with Gasteiger partial charge in [0.1, 0.15) is 0 Å². The molecule has 0 unspecified atom stereocenters. The van der Waals surface area contributed by atoms with Crippen LogP contribution in [0.25, 0.3) is 52.5 Å². The molecule has 0 aliphatic heterocycles. The van der Waals surface area contributed by atoms with Crippen molar-refractivity contribution < 1.29 is 0 Å². The Morgan fingerprint density at radius 2 is 0.696 bits per heavy atom. The molecule has 0 atom stereocenters. The van der Waals surface area contributed by atoms with E-state index in [0.29, 0.717) is 0 Å². The van der Waals surface area contributed by atoms with Crippen LogP contribution in [0.15, 0.2) is 182 Å². The minimum atomic E-state index is 1.13. The quantitative estimate of drug-likeness (QED) is 0.143. The van der Waals surface area contributed by atoms with Crippen LogP contribution in [0, 0.1) is 13.8 Å². The topological polar surface area (TPSA) is 6.48 Å². The van der Waals surface area contributed by atoms with Crippen LogP contribution in [0.4, 0.5) is 34.1 Å². The predicted octanol–water partition coefficient (Wildman–Crippen LogP) is 16.1. The van der Waals surface area contributed by atoms with Crippen LogP contribution in [-0.4, -0.2) is 0 Å². The minimum absolute atomic E-state index is 1.13. The first-order chi connectivity index (χ1) is 27.5. The first-order valence-electron chi connectivity index (χ1n) is 19.0. The van der Waals surface area contributed by atoms with Gasteiger partial charge in [0.15, 0.2) is 0 Å². The van der Waals surface area contributed by atoms with Crippen molar-refractivity contribution in [1.29, 1.82) is 0 Å². The first-order valence-corrected chi connectivity index (χ1v) is 20.6. The van der Waals surface area contributed by atoms with Crippen molar-refractivity contribution >= 4 is 109 Å². The normalized spacial score (nSPS) is 11.7. The molecule has 2 nitrogen and oxygen atoms in total. The van der Waals surface area contributed by atoms with Gasteiger partial charge in [0, 0.05) is 74.5 Å². The van der Waals surface area contributed by atoms with Crippen molar-refractivity contribution in [1.82, 2.24) is 0 Å². The van der Waals surface area contributed by atoms with Crippen LogP contribution in [0.2, 0.25) is 0 Å². The highest BCUT2D eigenvalue weighted by Crippen LogP contribution is 2.42. The third-order valence-corrected chi connectivity index (χ3v) is 12.8. The fraction of sp³-hybridized carbons (Fsp3) is 0.0385. The van der Waals surface area contributed by atoms with Gasteiger partial charge in [-0.15, -0.1) is 22.7 Å². The zero-order valence-corrected chi connectivity index (χ0v) is 32.8. The number of nitrogens with zero attached hydrogens (tertiary/aromatic N) is 2. The molecule has 0 saturated heterocycles. The summed E-state index contributed by atoms with van der Waals surface area (Å²) in [6.45, 7) is 4.31. The summed E-state index contributed by atoms with van der Waals surface area (Å²) >= 11 is 3.71. The Morgan fingerprint density at radius 3 is 1.12 bits per heavy atom. The van der Waals surface area contributed by atoms with E-state index in [2.05, 4.69) is 218 Å². The third-order valence-electron chi connectivity index (χ3n) is 10.5. The summed E-state index contributed by atoms with van der Waals surface area (Å²) in [5, 5.41) is 5.21. The summed E-state index contributed by atoms with van der Waals surface area (Å²) in [7, 11) is 0. The standard InChI is InChI=1S/C52H38N2S2/c1-35-9-7-11-41(31-35)53(43-27-29-51-47(33-43)45-13-3-5-15-49(45)55-51)39-23-19-37(20-24-39)17-18-38-21-25-40(26-22-38)54(42-12-8-10-36(2)32-42)44-28-30-52-48(34-44)46-14-4-6-16-50(46)56-52/h3-34H,1-2H3/b18-17+. The van der Waals surface area contributed by atoms with Gasteiger partial charge in [-0.25, -0.2) is 0 Å². The van der Waals surface area contributed by atoms with E-state index in [9.17, 15) is 0 Å². The fourth-order valence-corrected chi connectivity index (χ4v) is 9.97. The maximum atomic E-state index is 2.36. The molecule has 0 saturated carbocycles. The first kappa shape index (κ1) is 34.1. The molecular weight excluding hydrogens is 717 g/mol. The number of rotatable bonds is 8. The lowest BCUT2D eigenvalue weighted by Crippen LogP contribution is -2.10. The molecule has 0 spiro atoms. The number of hydrogen-bond donors (Lipinski definition) is 0. The highest BCUT2D eigenvalue weighted by molar-refractivity contribution is 7.26. The van der Waals surface area contributed by atoms with Crippen molar-refractivity contribution in [3.05, 3.63) is 204 Å². The number of anilines is 6. The predicted molar refractivity (Wildman–Crippen MR) is 246 cm³/mol. The smallest absolute Gasteiger partial charge is 0.0468 e. The molecule has 268 valence electrons. The molecule has 2 heterocycles. The number of aryl methyl sites for hydroxylation is 2. The number of thiophene rings is 2. The van der Waals surface area contributed by atoms with E-state index in [1.807, 2.05) is 22.7 Å². The number of fused-ring (bicyclic) bond motifs is 6. The molecule has 4 heteroatoms. The van der Waals surface area contributed by atoms with Gasteiger partial charge in [0.05, 0.1) is 0 Å². The summed E-state index contributed by atoms with van der Waals surface area (Å²) in [5.74, 6) is 0. The Morgan fingerprint density at radius 1 is 0.321 bits per heavy atom. The molecule has 8 aromatic carbocycles. The second kappa shape index (κ2) is 14.3. The van der Waals surface area contributed by atoms with E-state index in [-0.39, 0.29) is 0 Å². The van der Waals surface area contributed by atoms with Gasteiger partial charge in [0.25, 0.3) is 0 Å². The van der Waals surface area contributed by atoms with Crippen LogP contribution in [0.1, 0.15) is 22.3 Å². The molecule has 0 amide bonds. The van der Waals surface area contributed by atoms with Crippen molar-refractivity contribution in [2.75, 3.05) is 9.80 Å². The summed E-state index contributed by atoms with van der Waals surface area (Å²) < 4.78 is 5.26. The summed E-state index contributed by atoms with van der Waals surface area (Å²) in [5.41, 5.74) is 11.6. The average Bonchev–Trinajstić information content (AvgIpc) is 3.79. The Labute approximate surface area is 335 Å². The molecular formula is C52H38N2S2. The highest BCUT2D eigenvalue weighted by Gasteiger charge is 2.17. The van der Waals surface area contributed by atoms with Gasteiger partial charge in [-0.3, -0.25) is 0 Å². The van der Waals surface area contributed by atoms with Gasteiger partial charge < -0.3 is 9.80 Å². The van der Waals surface area contributed by atoms with E-state index < -0.39 is 0 Å². The molecule has 10 rings (SSSR count). The Balaban J connectivity index is 0.948. The second-order valence-corrected chi connectivity index (χ2v) is 16.6. The Hall–Kier alpha value is -6.46. The van der Waals surface area contributed by atoms with Gasteiger partial charge in [-0.2, -0.15) is 0 Å². The average molecular weight is 755 g/mol. The molecule has 0 aliphatic rings. The maximum absolute atomic E-state index is 2.36. The number of hydrogen-bond acceptors (Lipinski definition) is 4. The number of benzene rings is 8. The summed E-state index contributed by atoms with van der Waals surface area (Å²) in [4.78, 5) is 4.73. The van der Waals surface area contributed by atoms with Gasteiger partial charge in [-0.05, 0) is 133 Å². The van der Waals surface area contributed by atoms with E-state index in [1.54, 1.807) is 0 Å². The minimum Gasteiger partial charge on any atom is -0.310 e. The lowest BCUT2D eigenvalue weighted by molar-refractivity contribution is 1.27. The maximum Gasteiger partial charge on any atom is 0.0468 e. The molecule has 2 aromatic heterocycles. The molecule has 0 bridgehead atoms. The van der Waals surface area contributed by atoms with Crippen molar-refractivity contribution in [2.24, 2.45) is 0 Å². The lowest BCUT2D eigenvalue weighted by atomic mass is 10.1. The molecule has 56 heavy (non-hydrogen) atoms. The molecule has 0 radical (unpaired) electrons. The summed E-state index contributed by atoms with van der Waals surface area (Å²) in [6, 6.07) is 66.4. The Bertz CT molecular complexity index is 2850. The monoisotopic (exact) mass is 754 g/mol. The largest absolute Gasteiger partial charge is 0.310 e. The van der Waals surface area contributed by atoms with Crippen LogP contribution < -0.4 is 9.80 Å². The lowest BCUT2D eigenvalue weighted by Gasteiger charge is -2.26. The van der Waals surface area contributed by atoms with Crippen molar-refractivity contribution in [2.45, 2.75) is 13.8 Å². The van der Waals surface area contributed by atoms with Gasteiger partial charge >= 0.3 is 0 Å². The van der Waals surface area contributed by atoms with E-state index >= 15 is 0 Å². The van der Waals surface area contributed by atoms with Crippen LogP contribution >= 0.6 is 22.7 Å². The van der Waals surface area contributed by atoms with E-state index in [4.69, 9.17) is 0 Å². The van der Waals surface area contributed by atoms with Gasteiger partial charge in [-0.1, -0.05) is 97.1 Å². The van der Waals surface area contributed by atoms with Crippen LogP contribution in [0.5, 0.6) is 0 Å². The van der Waals surface area contributed by atoms with Crippen LogP contribution in [0.3, 0.4) is 0 Å². The molecule has 10 aromatic rings. The molecule has 0 N–H and O–H groups in total. The third kappa shape index (κ3) is 6.43. The van der Waals surface area contributed by atoms with E-state index in [1.165, 1.54) is 51.5 Å². The highest BCUT2D eigenvalue weighted by atomic mass is 32.1. The zero-order valence-electron chi connectivity index (χ0n) is 31.2.